The molecule has 0 aromatic carbocycles. The number of nitrogens with one attached hydrogen (secondary N) is 2. The number of ether oxygens (including phenoxy) is 1. The van der Waals surface area contributed by atoms with Crippen LogP contribution in [-0.4, -0.2) is 36.4 Å². The molecular weight excluding hydrogens is 300 g/mol. The number of fused-ring (bicyclic) bond motifs is 2. The Morgan fingerprint density at radius 2 is 2.41 bits per heavy atom. The minimum atomic E-state index is -0.640. The van der Waals surface area contributed by atoms with Crippen LogP contribution < -0.4 is 10.6 Å². The fourth-order valence-electron chi connectivity index (χ4n) is 4.42. The molecule has 1 aromatic heterocycles. The highest BCUT2D eigenvalue weighted by Gasteiger charge is 2.66. The van der Waals surface area contributed by atoms with Crippen molar-refractivity contribution in [3.8, 4) is 0 Å². The predicted octanol–water partition coefficient (Wildman–Crippen LogP) is 2.04. The van der Waals surface area contributed by atoms with Gasteiger partial charge in [-0.25, -0.2) is 4.79 Å². The minimum Gasteiger partial charge on any atom is -0.387 e. The number of amides is 2. The molecule has 1 saturated heterocycles. The van der Waals surface area contributed by atoms with Crippen LogP contribution in [0.15, 0.2) is 16.8 Å². The van der Waals surface area contributed by atoms with Gasteiger partial charge in [-0.05, 0) is 41.7 Å². The van der Waals surface area contributed by atoms with E-state index in [2.05, 4.69) is 10.6 Å². The summed E-state index contributed by atoms with van der Waals surface area (Å²) in [6, 6.07) is 1.95. The molecule has 3 aliphatic rings. The number of aliphatic hydroxyl groups excluding tert-OH is 1. The number of carbonyl (C=O) groups is 1. The molecule has 5 nitrogen and oxygen atoms in total. The lowest BCUT2D eigenvalue weighted by Gasteiger charge is -2.63. The van der Waals surface area contributed by atoms with Gasteiger partial charge in [0.2, 0.25) is 0 Å². The molecule has 120 valence electrons. The zero-order chi connectivity index (χ0) is 15.2. The first kappa shape index (κ1) is 14.5. The number of hydrogen-bond acceptors (Lipinski definition) is 4. The molecule has 3 fully saturated rings. The summed E-state index contributed by atoms with van der Waals surface area (Å²) >= 11 is 1.54. The summed E-state index contributed by atoms with van der Waals surface area (Å²) in [5.74, 6) is 0.479. The lowest BCUT2D eigenvalue weighted by atomic mass is 9.46. The molecule has 3 N–H and O–H groups in total. The highest BCUT2D eigenvalue weighted by molar-refractivity contribution is 7.07. The summed E-state index contributed by atoms with van der Waals surface area (Å²) in [6.45, 7) is 1.07. The predicted molar refractivity (Wildman–Crippen MR) is 83.7 cm³/mol. The SMILES string of the molecule is O=C(NCC(O)c1ccsc1)NC1C2CCOC2C12CCC2. The number of thiophene rings is 1. The lowest BCUT2D eigenvalue weighted by Crippen LogP contribution is -2.72. The normalized spacial score (nSPS) is 32.7. The van der Waals surface area contributed by atoms with Crippen LogP contribution >= 0.6 is 11.3 Å². The molecule has 1 spiro atoms. The topological polar surface area (TPSA) is 70.6 Å². The Morgan fingerprint density at radius 3 is 3.09 bits per heavy atom. The van der Waals surface area contributed by atoms with Crippen LogP contribution in [0, 0.1) is 11.3 Å². The van der Waals surface area contributed by atoms with Crippen molar-refractivity contribution in [3.05, 3.63) is 22.4 Å². The summed E-state index contributed by atoms with van der Waals surface area (Å²) in [5.41, 5.74) is 1.05. The van der Waals surface area contributed by atoms with Crippen molar-refractivity contribution >= 4 is 17.4 Å². The molecule has 2 aliphatic carbocycles. The molecule has 4 atom stereocenters. The molecular formula is C16H22N2O3S. The standard InChI is InChI=1S/C16H22N2O3S/c19-12(10-3-7-22-9-10)8-17-15(20)18-13-11-2-6-21-14(11)16(13)4-1-5-16/h3,7,9,11-14,19H,1-2,4-6,8H2,(H2,17,18,20). The molecule has 4 unspecified atom stereocenters. The molecule has 22 heavy (non-hydrogen) atoms. The molecule has 2 amide bonds. The van der Waals surface area contributed by atoms with E-state index < -0.39 is 6.10 Å². The highest BCUT2D eigenvalue weighted by atomic mass is 32.1. The van der Waals surface area contributed by atoms with E-state index in [1.165, 1.54) is 6.42 Å². The Balaban J connectivity index is 1.31. The maximum atomic E-state index is 12.2. The number of urea groups is 1. The zero-order valence-corrected chi connectivity index (χ0v) is 13.3. The van der Waals surface area contributed by atoms with Gasteiger partial charge in [-0.2, -0.15) is 11.3 Å². The van der Waals surface area contributed by atoms with E-state index in [0.717, 1.165) is 31.4 Å². The second-order valence-corrected chi connectivity index (χ2v) is 7.52. The average Bonchev–Trinajstić information content (AvgIpc) is 3.11. The van der Waals surface area contributed by atoms with Gasteiger partial charge in [-0.15, -0.1) is 0 Å². The van der Waals surface area contributed by atoms with E-state index in [1.807, 2.05) is 16.8 Å². The number of aliphatic hydroxyl groups is 1. The summed E-state index contributed by atoms with van der Waals surface area (Å²) in [5, 5.41) is 19.8. The van der Waals surface area contributed by atoms with E-state index in [0.29, 0.717) is 12.0 Å². The lowest BCUT2D eigenvalue weighted by molar-refractivity contribution is -0.172. The molecule has 2 saturated carbocycles. The van der Waals surface area contributed by atoms with Crippen molar-refractivity contribution < 1.29 is 14.6 Å². The Morgan fingerprint density at radius 1 is 1.55 bits per heavy atom. The maximum absolute atomic E-state index is 12.2. The first-order valence-corrected chi connectivity index (χ1v) is 9.01. The van der Waals surface area contributed by atoms with E-state index in [9.17, 15) is 9.90 Å². The van der Waals surface area contributed by atoms with Gasteiger partial charge >= 0.3 is 6.03 Å². The second-order valence-electron chi connectivity index (χ2n) is 6.74. The third-order valence-corrected chi connectivity index (χ3v) is 6.41. The number of carbonyl (C=O) groups excluding carboxylic acids is 1. The van der Waals surface area contributed by atoms with Crippen molar-refractivity contribution in [2.75, 3.05) is 13.2 Å². The summed E-state index contributed by atoms with van der Waals surface area (Å²) < 4.78 is 5.86. The molecule has 0 radical (unpaired) electrons. The second kappa shape index (κ2) is 5.51. The molecule has 0 bridgehead atoms. The van der Waals surface area contributed by atoms with Gasteiger partial charge in [-0.1, -0.05) is 6.42 Å². The molecule has 2 heterocycles. The third kappa shape index (κ3) is 2.16. The Labute approximate surface area is 134 Å². The summed E-state index contributed by atoms with van der Waals surface area (Å²) in [7, 11) is 0. The smallest absolute Gasteiger partial charge is 0.315 e. The van der Waals surface area contributed by atoms with Crippen LogP contribution in [0.4, 0.5) is 4.79 Å². The zero-order valence-electron chi connectivity index (χ0n) is 12.5. The van der Waals surface area contributed by atoms with Gasteiger partial charge in [0, 0.05) is 30.5 Å². The molecule has 1 aromatic rings. The molecule has 4 rings (SSSR count). The first-order valence-electron chi connectivity index (χ1n) is 8.07. The van der Waals surface area contributed by atoms with E-state index in [4.69, 9.17) is 4.74 Å². The Kier molecular flexibility index (Phi) is 3.63. The van der Waals surface area contributed by atoms with Crippen LogP contribution in [0.5, 0.6) is 0 Å². The Hall–Kier alpha value is -1.11. The monoisotopic (exact) mass is 322 g/mol. The highest BCUT2D eigenvalue weighted by Crippen LogP contribution is 2.62. The van der Waals surface area contributed by atoms with Crippen LogP contribution in [0.25, 0.3) is 0 Å². The minimum absolute atomic E-state index is 0.170. The van der Waals surface area contributed by atoms with Crippen LogP contribution in [0.2, 0.25) is 0 Å². The van der Waals surface area contributed by atoms with Gasteiger partial charge in [0.15, 0.2) is 0 Å². The fourth-order valence-corrected chi connectivity index (χ4v) is 5.13. The molecule has 1 aliphatic heterocycles. The van der Waals surface area contributed by atoms with Crippen LogP contribution in [0.1, 0.15) is 37.4 Å². The maximum Gasteiger partial charge on any atom is 0.315 e. The summed E-state index contributed by atoms with van der Waals surface area (Å²) in [4.78, 5) is 12.2. The van der Waals surface area contributed by atoms with Crippen molar-refractivity contribution in [2.24, 2.45) is 11.3 Å². The third-order valence-electron chi connectivity index (χ3n) is 5.71. The van der Waals surface area contributed by atoms with Crippen molar-refractivity contribution in [1.82, 2.24) is 10.6 Å². The van der Waals surface area contributed by atoms with E-state index >= 15 is 0 Å². The summed E-state index contributed by atoms with van der Waals surface area (Å²) in [6.07, 6.45) is 4.34. The van der Waals surface area contributed by atoms with Crippen molar-refractivity contribution in [1.29, 1.82) is 0 Å². The Bertz CT molecular complexity index is 544. The van der Waals surface area contributed by atoms with Crippen molar-refractivity contribution in [3.63, 3.8) is 0 Å². The number of hydrogen-bond donors (Lipinski definition) is 3. The van der Waals surface area contributed by atoms with Gasteiger partial charge in [0.1, 0.15) is 0 Å². The van der Waals surface area contributed by atoms with Gasteiger partial charge in [-0.3, -0.25) is 0 Å². The fraction of sp³-hybridized carbons (Fsp3) is 0.688. The van der Waals surface area contributed by atoms with Gasteiger partial charge in [0.05, 0.1) is 12.2 Å². The van der Waals surface area contributed by atoms with Gasteiger partial charge in [0.25, 0.3) is 0 Å². The van der Waals surface area contributed by atoms with E-state index in [-0.39, 0.29) is 24.0 Å². The van der Waals surface area contributed by atoms with E-state index in [1.54, 1.807) is 11.3 Å². The van der Waals surface area contributed by atoms with Gasteiger partial charge < -0.3 is 20.5 Å². The van der Waals surface area contributed by atoms with Crippen LogP contribution in [-0.2, 0) is 4.74 Å². The van der Waals surface area contributed by atoms with Crippen LogP contribution in [0.3, 0.4) is 0 Å². The largest absolute Gasteiger partial charge is 0.387 e. The number of rotatable bonds is 4. The quantitative estimate of drug-likeness (QED) is 0.794. The van der Waals surface area contributed by atoms with Crippen molar-refractivity contribution in [2.45, 2.75) is 43.9 Å². The first-order chi connectivity index (χ1) is 10.7. The molecule has 6 heteroatoms. The average molecular weight is 322 g/mol.